The van der Waals surface area contributed by atoms with Crippen LogP contribution in [0.1, 0.15) is 12.7 Å². The molecular weight excluding hydrogens is 374 g/mol. The lowest BCUT2D eigenvalue weighted by molar-refractivity contribution is 0.416. The van der Waals surface area contributed by atoms with Gasteiger partial charge >= 0.3 is 0 Å². The minimum Gasteiger partial charge on any atom is -0.495 e. The molecule has 0 aliphatic heterocycles. The zero-order valence-corrected chi connectivity index (χ0v) is 13.7. The summed E-state index contributed by atoms with van der Waals surface area (Å²) in [6, 6.07) is 7.60. The van der Waals surface area contributed by atoms with Crippen molar-refractivity contribution in [3.63, 3.8) is 0 Å². The molecule has 0 fully saturated rings. The Morgan fingerprint density at radius 3 is 2.68 bits per heavy atom. The van der Waals surface area contributed by atoms with Gasteiger partial charge in [0.25, 0.3) is 0 Å². The Morgan fingerprint density at radius 2 is 2.00 bits per heavy atom. The van der Waals surface area contributed by atoms with E-state index in [0.717, 1.165) is 38.6 Å². The highest BCUT2D eigenvalue weighted by molar-refractivity contribution is 9.10. The highest BCUT2D eigenvalue weighted by Gasteiger charge is 2.07. The minimum atomic E-state index is 0.732. The topological polar surface area (TPSA) is 47.0 Å². The second kappa shape index (κ2) is 6.34. The number of nitrogens with one attached hydrogen (secondary N) is 1. The molecule has 0 aliphatic rings. The number of aromatic nitrogens is 2. The van der Waals surface area contributed by atoms with E-state index in [2.05, 4.69) is 47.1 Å². The van der Waals surface area contributed by atoms with Crippen molar-refractivity contribution in [2.24, 2.45) is 0 Å². The molecule has 0 amide bonds. The van der Waals surface area contributed by atoms with Gasteiger partial charge in [-0.2, -0.15) is 0 Å². The third-order valence-corrected chi connectivity index (χ3v) is 3.38. The van der Waals surface area contributed by atoms with E-state index in [9.17, 15) is 0 Å². The van der Waals surface area contributed by atoms with Crippen molar-refractivity contribution in [1.82, 2.24) is 9.97 Å². The molecule has 6 heteroatoms. The van der Waals surface area contributed by atoms with Crippen molar-refractivity contribution >= 4 is 43.4 Å². The summed E-state index contributed by atoms with van der Waals surface area (Å²) in [5.41, 5.74) is 0.851. The summed E-state index contributed by atoms with van der Waals surface area (Å²) in [5, 5.41) is 3.24. The summed E-state index contributed by atoms with van der Waals surface area (Å²) in [4.78, 5) is 8.71. The third kappa shape index (κ3) is 3.67. The number of methoxy groups -OCH3 is 1. The molecule has 1 aromatic carbocycles. The predicted octanol–water partition coefficient (Wildman–Crippen LogP) is 4.32. The molecule has 0 saturated carbocycles. The van der Waals surface area contributed by atoms with E-state index in [-0.39, 0.29) is 0 Å². The van der Waals surface area contributed by atoms with Crippen molar-refractivity contribution in [3.05, 3.63) is 39.2 Å². The van der Waals surface area contributed by atoms with Gasteiger partial charge in [0.1, 0.15) is 22.0 Å². The summed E-state index contributed by atoms with van der Waals surface area (Å²) in [7, 11) is 1.64. The number of nitrogens with zero attached hydrogens (tertiary/aromatic N) is 2. The Hall–Kier alpha value is -1.14. The van der Waals surface area contributed by atoms with E-state index >= 15 is 0 Å². The smallest absolute Gasteiger partial charge is 0.142 e. The van der Waals surface area contributed by atoms with Crippen LogP contribution in [0, 0.1) is 0 Å². The number of ether oxygens (including phenoxy) is 1. The van der Waals surface area contributed by atoms with E-state index in [4.69, 9.17) is 4.74 Å². The lowest BCUT2D eigenvalue weighted by atomic mass is 10.3. The lowest BCUT2D eigenvalue weighted by Gasteiger charge is -2.11. The predicted molar refractivity (Wildman–Crippen MR) is 83.1 cm³/mol. The van der Waals surface area contributed by atoms with Gasteiger partial charge in [0, 0.05) is 17.0 Å². The van der Waals surface area contributed by atoms with Crippen LogP contribution in [0.2, 0.25) is 0 Å². The van der Waals surface area contributed by atoms with E-state index < -0.39 is 0 Å². The third-order valence-electron chi connectivity index (χ3n) is 2.48. The average molecular weight is 387 g/mol. The second-order valence-electron chi connectivity index (χ2n) is 3.82. The van der Waals surface area contributed by atoms with Gasteiger partial charge in [0.2, 0.25) is 0 Å². The van der Waals surface area contributed by atoms with Gasteiger partial charge in [0.15, 0.2) is 0 Å². The normalized spacial score (nSPS) is 10.3. The fourth-order valence-corrected chi connectivity index (χ4v) is 2.39. The molecular formula is C13H13Br2N3O. The maximum atomic E-state index is 5.32. The molecule has 0 bridgehead atoms. The maximum absolute atomic E-state index is 5.32. The van der Waals surface area contributed by atoms with Crippen molar-refractivity contribution in [3.8, 4) is 5.75 Å². The van der Waals surface area contributed by atoms with Crippen molar-refractivity contribution in [1.29, 1.82) is 0 Å². The largest absolute Gasteiger partial charge is 0.495 e. The zero-order valence-electron chi connectivity index (χ0n) is 10.6. The quantitative estimate of drug-likeness (QED) is 0.795. The van der Waals surface area contributed by atoms with Gasteiger partial charge in [-0.15, -0.1) is 0 Å². The molecule has 19 heavy (non-hydrogen) atoms. The number of hydrogen-bond acceptors (Lipinski definition) is 4. The summed E-state index contributed by atoms with van der Waals surface area (Å²) in [6.07, 6.45) is 0.781. The molecule has 0 aliphatic carbocycles. The summed E-state index contributed by atoms with van der Waals surface area (Å²) in [6.45, 7) is 2.02. The Bertz CT molecular complexity index is 590. The number of benzene rings is 1. The van der Waals surface area contributed by atoms with Crippen LogP contribution < -0.4 is 10.1 Å². The summed E-state index contributed by atoms with van der Waals surface area (Å²) >= 11 is 6.83. The van der Waals surface area contributed by atoms with Crippen molar-refractivity contribution < 1.29 is 4.74 Å². The Kier molecular flexibility index (Phi) is 4.76. The molecule has 0 unspecified atom stereocenters. The summed E-state index contributed by atoms with van der Waals surface area (Å²) < 4.78 is 7.05. The molecule has 2 aromatic rings. The molecule has 100 valence electrons. The molecule has 0 radical (unpaired) electrons. The molecule has 0 spiro atoms. The van der Waals surface area contributed by atoms with Crippen molar-refractivity contribution in [2.75, 3.05) is 12.4 Å². The lowest BCUT2D eigenvalue weighted by Crippen LogP contribution is -2.01. The van der Waals surface area contributed by atoms with E-state index in [1.807, 2.05) is 31.2 Å². The van der Waals surface area contributed by atoms with Crippen LogP contribution in [0.3, 0.4) is 0 Å². The van der Waals surface area contributed by atoms with Crippen LogP contribution in [0.15, 0.2) is 33.3 Å². The van der Waals surface area contributed by atoms with E-state index in [0.29, 0.717) is 0 Å². The van der Waals surface area contributed by atoms with E-state index in [1.54, 1.807) is 7.11 Å². The summed E-state index contributed by atoms with van der Waals surface area (Å²) in [5.74, 6) is 2.27. The maximum Gasteiger partial charge on any atom is 0.142 e. The van der Waals surface area contributed by atoms with Gasteiger partial charge in [-0.25, -0.2) is 9.97 Å². The highest BCUT2D eigenvalue weighted by Crippen LogP contribution is 2.30. The first-order valence-corrected chi connectivity index (χ1v) is 7.35. The Labute approximate surface area is 128 Å². The number of anilines is 2. The number of aryl methyl sites for hydroxylation is 1. The first-order chi connectivity index (χ1) is 9.12. The van der Waals surface area contributed by atoms with Crippen LogP contribution in [0.25, 0.3) is 0 Å². The molecule has 2 rings (SSSR count). The molecule has 0 saturated heterocycles. The van der Waals surface area contributed by atoms with Gasteiger partial charge in [-0.3, -0.25) is 0 Å². The second-order valence-corrected chi connectivity index (χ2v) is 5.54. The molecule has 1 heterocycles. The van der Waals surface area contributed by atoms with Crippen LogP contribution in [-0.2, 0) is 6.42 Å². The number of hydrogen-bond donors (Lipinski definition) is 1. The fraction of sp³-hybridized carbons (Fsp3) is 0.231. The van der Waals surface area contributed by atoms with Crippen LogP contribution >= 0.6 is 31.9 Å². The Morgan fingerprint density at radius 1 is 1.21 bits per heavy atom. The Balaban J connectivity index is 2.35. The van der Waals surface area contributed by atoms with Crippen LogP contribution in [-0.4, -0.2) is 17.1 Å². The molecule has 0 atom stereocenters. The fourth-order valence-electron chi connectivity index (χ4n) is 1.60. The average Bonchev–Trinajstić information content (AvgIpc) is 2.38. The minimum absolute atomic E-state index is 0.732. The first-order valence-electron chi connectivity index (χ1n) is 5.76. The van der Waals surface area contributed by atoms with Crippen molar-refractivity contribution in [2.45, 2.75) is 13.3 Å². The number of halogens is 2. The zero-order chi connectivity index (χ0) is 13.8. The van der Waals surface area contributed by atoms with Gasteiger partial charge in [-0.05, 0) is 34.1 Å². The first kappa shape index (κ1) is 14.3. The number of rotatable bonds is 4. The van der Waals surface area contributed by atoms with Gasteiger partial charge in [-0.1, -0.05) is 22.9 Å². The molecule has 1 N–H and O–H groups in total. The highest BCUT2D eigenvalue weighted by atomic mass is 79.9. The van der Waals surface area contributed by atoms with Crippen LogP contribution in [0.5, 0.6) is 5.75 Å². The molecule has 1 aromatic heterocycles. The monoisotopic (exact) mass is 385 g/mol. The molecule has 4 nitrogen and oxygen atoms in total. The van der Waals surface area contributed by atoms with E-state index in [1.165, 1.54) is 0 Å². The van der Waals surface area contributed by atoms with Gasteiger partial charge in [0.05, 0.1) is 12.8 Å². The van der Waals surface area contributed by atoms with Crippen LogP contribution in [0.4, 0.5) is 11.5 Å². The SMILES string of the molecule is CCc1nc(Br)cc(Nc2cc(Br)ccc2OC)n1. The van der Waals surface area contributed by atoms with Gasteiger partial charge < -0.3 is 10.1 Å². The standard InChI is InChI=1S/C13H13Br2N3O/c1-3-12-17-11(15)7-13(18-12)16-9-6-8(14)4-5-10(9)19-2/h4-7H,3H2,1-2H3,(H,16,17,18).